The van der Waals surface area contributed by atoms with Gasteiger partial charge in [0.1, 0.15) is 0 Å². The molecule has 2 aromatic rings. The van der Waals surface area contributed by atoms with Crippen LogP contribution in [0.3, 0.4) is 0 Å². The number of hydrogen-bond acceptors (Lipinski definition) is 4. The lowest BCUT2D eigenvalue weighted by atomic mass is 9.96. The molecule has 0 aliphatic carbocycles. The van der Waals surface area contributed by atoms with Crippen LogP contribution in [0, 0.1) is 6.92 Å². The molecule has 0 saturated carbocycles. The van der Waals surface area contributed by atoms with Crippen molar-refractivity contribution in [2.75, 3.05) is 11.4 Å². The van der Waals surface area contributed by atoms with Crippen molar-refractivity contribution in [1.29, 1.82) is 0 Å². The maximum atomic E-state index is 12.4. The van der Waals surface area contributed by atoms with E-state index in [4.69, 9.17) is 16.1 Å². The lowest BCUT2D eigenvalue weighted by Gasteiger charge is -2.19. The Hall–Kier alpha value is -1.88. The first-order valence-corrected chi connectivity index (χ1v) is 8.04. The first-order chi connectivity index (χ1) is 10.8. The van der Waals surface area contributed by atoms with Crippen LogP contribution in [0.4, 0.5) is 5.69 Å². The minimum Gasteiger partial charge on any atom is -0.339 e. The average molecular weight is 334 g/mol. The van der Waals surface area contributed by atoms with Gasteiger partial charge in [-0.25, -0.2) is 0 Å². The predicted octanol–water partition coefficient (Wildman–Crippen LogP) is 3.85. The van der Waals surface area contributed by atoms with Gasteiger partial charge in [-0.1, -0.05) is 43.6 Å². The zero-order valence-corrected chi connectivity index (χ0v) is 14.5. The summed E-state index contributed by atoms with van der Waals surface area (Å²) in [6.07, 6.45) is 0.373. The van der Waals surface area contributed by atoms with Crippen molar-refractivity contribution >= 4 is 23.2 Å². The summed E-state index contributed by atoms with van der Waals surface area (Å²) in [5.41, 5.74) is 1.69. The van der Waals surface area contributed by atoms with E-state index in [-0.39, 0.29) is 17.2 Å². The Morgan fingerprint density at radius 1 is 1.35 bits per heavy atom. The molecular weight excluding hydrogens is 314 g/mol. The van der Waals surface area contributed by atoms with Crippen molar-refractivity contribution in [3.8, 4) is 0 Å². The minimum atomic E-state index is -0.173. The zero-order valence-electron chi connectivity index (χ0n) is 13.8. The van der Waals surface area contributed by atoms with Gasteiger partial charge in [0.25, 0.3) is 0 Å². The van der Waals surface area contributed by atoms with Gasteiger partial charge in [0.15, 0.2) is 5.82 Å². The number of rotatable bonds is 2. The fourth-order valence-electron chi connectivity index (χ4n) is 2.68. The molecular formula is C17H20ClN3O2. The smallest absolute Gasteiger partial charge is 0.232 e. The highest BCUT2D eigenvalue weighted by atomic mass is 35.5. The number of anilines is 1. The maximum absolute atomic E-state index is 12.4. The topological polar surface area (TPSA) is 59.2 Å². The number of carbonyl (C=O) groups is 1. The molecule has 23 heavy (non-hydrogen) atoms. The maximum Gasteiger partial charge on any atom is 0.232 e. The molecule has 1 aliphatic rings. The van der Waals surface area contributed by atoms with E-state index >= 15 is 0 Å². The summed E-state index contributed by atoms with van der Waals surface area (Å²) in [7, 11) is 0. The van der Waals surface area contributed by atoms with Crippen LogP contribution >= 0.6 is 11.6 Å². The number of nitrogens with zero attached hydrogens (tertiary/aromatic N) is 3. The number of hydrogen-bond donors (Lipinski definition) is 0. The molecule has 122 valence electrons. The summed E-state index contributed by atoms with van der Waals surface area (Å²) in [5, 5.41) is 4.67. The first kappa shape index (κ1) is 16.0. The molecule has 6 heteroatoms. The van der Waals surface area contributed by atoms with Gasteiger partial charge in [-0.05, 0) is 24.6 Å². The number of halogens is 1. The fourth-order valence-corrected chi connectivity index (χ4v) is 2.85. The third-order valence-electron chi connectivity index (χ3n) is 4.05. The molecule has 0 N–H and O–H groups in total. The van der Waals surface area contributed by atoms with Crippen LogP contribution in [-0.2, 0) is 10.2 Å². The van der Waals surface area contributed by atoms with E-state index in [1.165, 1.54) is 0 Å². The first-order valence-electron chi connectivity index (χ1n) is 7.66. The second-order valence-electron chi connectivity index (χ2n) is 7.04. The van der Waals surface area contributed by atoms with Gasteiger partial charge in [0.2, 0.25) is 11.8 Å². The number of benzene rings is 1. The molecule has 1 unspecified atom stereocenters. The SMILES string of the molecule is Cc1ccc(Cl)cc1N1CC(c2nc(C(C)(C)C)no2)CC1=O. The van der Waals surface area contributed by atoms with Crippen molar-refractivity contribution in [3.63, 3.8) is 0 Å². The molecule has 0 bridgehead atoms. The van der Waals surface area contributed by atoms with E-state index in [1.54, 1.807) is 4.90 Å². The quantitative estimate of drug-likeness (QED) is 0.837. The molecule has 5 nitrogen and oxygen atoms in total. The van der Waals surface area contributed by atoms with Gasteiger partial charge >= 0.3 is 0 Å². The minimum absolute atomic E-state index is 0.0517. The van der Waals surface area contributed by atoms with Crippen molar-refractivity contribution in [2.45, 2.75) is 45.4 Å². The second-order valence-corrected chi connectivity index (χ2v) is 7.48. The molecule has 0 radical (unpaired) electrons. The highest BCUT2D eigenvalue weighted by Crippen LogP contribution is 2.34. The third kappa shape index (κ3) is 3.11. The van der Waals surface area contributed by atoms with Gasteiger partial charge in [-0.2, -0.15) is 4.98 Å². The van der Waals surface area contributed by atoms with E-state index in [0.29, 0.717) is 29.7 Å². The van der Waals surface area contributed by atoms with Crippen molar-refractivity contribution in [2.24, 2.45) is 0 Å². The number of amides is 1. The molecule has 1 atom stereocenters. The van der Waals surface area contributed by atoms with Crippen LogP contribution in [0.2, 0.25) is 5.02 Å². The lowest BCUT2D eigenvalue weighted by Crippen LogP contribution is -2.25. The highest BCUT2D eigenvalue weighted by Gasteiger charge is 2.36. The zero-order chi connectivity index (χ0) is 16.8. The van der Waals surface area contributed by atoms with Gasteiger partial charge in [0, 0.05) is 29.1 Å². The van der Waals surface area contributed by atoms with Crippen LogP contribution in [0.5, 0.6) is 0 Å². The van der Waals surface area contributed by atoms with Gasteiger partial charge < -0.3 is 9.42 Å². The molecule has 3 rings (SSSR count). The van der Waals surface area contributed by atoms with Crippen LogP contribution < -0.4 is 4.90 Å². The summed E-state index contributed by atoms with van der Waals surface area (Å²) >= 11 is 6.07. The van der Waals surface area contributed by atoms with E-state index in [1.807, 2.05) is 45.9 Å². The molecule has 1 amide bonds. The second kappa shape index (κ2) is 5.64. The Bertz CT molecular complexity index is 749. The standard InChI is InChI=1S/C17H20ClN3O2/c1-10-5-6-12(18)8-13(10)21-9-11(7-14(21)22)15-19-16(20-23-15)17(2,3)4/h5-6,8,11H,7,9H2,1-4H3. The number of aromatic nitrogens is 2. The summed E-state index contributed by atoms with van der Waals surface area (Å²) in [4.78, 5) is 18.7. The summed E-state index contributed by atoms with van der Waals surface area (Å²) in [5.74, 6) is 1.17. The summed E-state index contributed by atoms with van der Waals surface area (Å²) in [6, 6.07) is 5.57. The van der Waals surface area contributed by atoms with Crippen molar-refractivity contribution in [3.05, 3.63) is 40.5 Å². The predicted molar refractivity (Wildman–Crippen MR) is 88.9 cm³/mol. The van der Waals surface area contributed by atoms with E-state index in [2.05, 4.69) is 10.1 Å². The highest BCUT2D eigenvalue weighted by molar-refractivity contribution is 6.31. The molecule has 1 fully saturated rings. The Balaban J connectivity index is 1.85. The third-order valence-corrected chi connectivity index (χ3v) is 4.28. The van der Waals surface area contributed by atoms with E-state index in [0.717, 1.165) is 11.3 Å². The number of aryl methyl sites for hydroxylation is 1. The largest absolute Gasteiger partial charge is 0.339 e. The average Bonchev–Trinajstić information content (AvgIpc) is 3.07. The molecule has 1 saturated heterocycles. The molecule has 2 heterocycles. The lowest BCUT2D eigenvalue weighted by molar-refractivity contribution is -0.117. The van der Waals surface area contributed by atoms with Gasteiger partial charge in [-0.3, -0.25) is 4.79 Å². The normalized spacial score (nSPS) is 18.7. The van der Waals surface area contributed by atoms with Gasteiger partial charge in [0.05, 0.1) is 5.92 Å². The Morgan fingerprint density at radius 2 is 2.09 bits per heavy atom. The van der Waals surface area contributed by atoms with E-state index < -0.39 is 0 Å². The monoisotopic (exact) mass is 333 g/mol. The van der Waals surface area contributed by atoms with Crippen LogP contribution in [0.1, 0.15) is 50.4 Å². The summed E-state index contributed by atoms with van der Waals surface area (Å²) < 4.78 is 5.40. The Kier molecular flexibility index (Phi) is 3.92. The van der Waals surface area contributed by atoms with Crippen LogP contribution in [0.15, 0.2) is 22.7 Å². The van der Waals surface area contributed by atoms with Crippen molar-refractivity contribution < 1.29 is 9.32 Å². The van der Waals surface area contributed by atoms with E-state index in [9.17, 15) is 4.79 Å². The molecule has 0 spiro atoms. The summed E-state index contributed by atoms with van der Waals surface area (Å²) in [6.45, 7) is 8.59. The van der Waals surface area contributed by atoms with Gasteiger partial charge in [-0.15, -0.1) is 0 Å². The Labute approximate surface area is 140 Å². The molecule has 1 aromatic heterocycles. The molecule has 1 aromatic carbocycles. The number of carbonyl (C=O) groups excluding carboxylic acids is 1. The molecule has 1 aliphatic heterocycles. The van der Waals surface area contributed by atoms with Crippen molar-refractivity contribution in [1.82, 2.24) is 10.1 Å². The van der Waals surface area contributed by atoms with Crippen LogP contribution in [0.25, 0.3) is 0 Å². The van der Waals surface area contributed by atoms with Crippen LogP contribution in [-0.4, -0.2) is 22.6 Å². The Morgan fingerprint density at radius 3 is 2.74 bits per heavy atom. The fraction of sp³-hybridized carbons (Fsp3) is 0.471.